The van der Waals surface area contributed by atoms with Gasteiger partial charge in [-0.15, -0.1) is 0 Å². The van der Waals surface area contributed by atoms with Crippen LogP contribution in [0.4, 0.5) is 0 Å². The van der Waals surface area contributed by atoms with Crippen molar-refractivity contribution in [2.45, 2.75) is 19.9 Å². The molecule has 0 aliphatic rings. The molecule has 0 saturated carbocycles. The summed E-state index contributed by atoms with van der Waals surface area (Å²) in [5.41, 5.74) is 2.57. The zero-order valence-corrected chi connectivity index (χ0v) is 11.1. The van der Waals surface area contributed by atoms with Crippen molar-refractivity contribution in [3.05, 3.63) is 33.8 Å². The van der Waals surface area contributed by atoms with E-state index in [9.17, 15) is 0 Å². The maximum atomic E-state index is 5.46. The molecule has 0 radical (unpaired) electrons. The van der Waals surface area contributed by atoms with Crippen molar-refractivity contribution in [3.8, 4) is 0 Å². The van der Waals surface area contributed by atoms with Crippen LogP contribution in [0.5, 0.6) is 0 Å². The van der Waals surface area contributed by atoms with Crippen molar-refractivity contribution in [1.29, 1.82) is 0 Å². The van der Waals surface area contributed by atoms with Gasteiger partial charge < -0.3 is 10.1 Å². The Morgan fingerprint density at radius 2 is 2.20 bits per heavy atom. The number of hydrogen-bond acceptors (Lipinski definition) is 2. The van der Waals surface area contributed by atoms with Crippen LogP contribution in [0.15, 0.2) is 22.7 Å². The molecule has 1 aromatic carbocycles. The topological polar surface area (TPSA) is 21.3 Å². The maximum Gasteiger partial charge on any atom is 0.0661 e. The molecule has 1 N–H and O–H groups in total. The summed E-state index contributed by atoms with van der Waals surface area (Å²) in [5.74, 6) is 0. The molecule has 0 amide bonds. The van der Waals surface area contributed by atoms with Crippen LogP contribution in [0, 0.1) is 6.92 Å². The molecule has 2 nitrogen and oxygen atoms in total. The van der Waals surface area contributed by atoms with Gasteiger partial charge in [0.05, 0.1) is 12.6 Å². The monoisotopic (exact) mass is 271 g/mol. The van der Waals surface area contributed by atoms with Crippen LogP contribution in [0.3, 0.4) is 0 Å². The fourth-order valence-electron chi connectivity index (χ4n) is 1.57. The zero-order valence-electron chi connectivity index (χ0n) is 9.51. The molecule has 3 heteroatoms. The highest BCUT2D eigenvalue weighted by atomic mass is 79.9. The summed E-state index contributed by atoms with van der Waals surface area (Å²) in [7, 11) is 1.96. The molecule has 1 atom stereocenters. The molecule has 0 aliphatic carbocycles. The average molecular weight is 272 g/mol. The lowest BCUT2D eigenvalue weighted by atomic mass is 10.0. The number of likely N-dealkylation sites (N-methyl/N-ethyl adjacent to an activating group) is 1. The van der Waals surface area contributed by atoms with Gasteiger partial charge in [-0.1, -0.05) is 28.1 Å². The first-order valence-corrected chi connectivity index (χ1v) is 6.00. The minimum Gasteiger partial charge on any atom is -0.380 e. The Morgan fingerprint density at radius 1 is 1.47 bits per heavy atom. The summed E-state index contributed by atoms with van der Waals surface area (Å²) in [6.45, 7) is 5.60. The van der Waals surface area contributed by atoms with E-state index in [0.29, 0.717) is 6.61 Å². The highest BCUT2D eigenvalue weighted by molar-refractivity contribution is 9.10. The van der Waals surface area contributed by atoms with Crippen LogP contribution < -0.4 is 5.32 Å². The number of nitrogens with one attached hydrogen (secondary N) is 1. The predicted molar refractivity (Wildman–Crippen MR) is 67.2 cm³/mol. The fraction of sp³-hybridized carbons (Fsp3) is 0.500. The van der Waals surface area contributed by atoms with Gasteiger partial charge in [0, 0.05) is 11.1 Å². The third-order valence-electron chi connectivity index (χ3n) is 2.52. The lowest BCUT2D eigenvalue weighted by Crippen LogP contribution is -2.22. The van der Waals surface area contributed by atoms with Gasteiger partial charge in [-0.25, -0.2) is 0 Å². The maximum absolute atomic E-state index is 5.46. The first-order chi connectivity index (χ1) is 7.20. The molecule has 84 valence electrons. The fourth-order valence-corrected chi connectivity index (χ4v) is 1.95. The Bertz CT molecular complexity index is 314. The molecule has 0 spiro atoms. The molecule has 1 aromatic rings. The normalized spacial score (nSPS) is 12.8. The van der Waals surface area contributed by atoms with Crippen LogP contribution >= 0.6 is 15.9 Å². The van der Waals surface area contributed by atoms with Crippen molar-refractivity contribution < 1.29 is 4.74 Å². The van der Waals surface area contributed by atoms with Gasteiger partial charge in [-0.05, 0) is 38.1 Å². The first-order valence-electron chi connectivity index (χ1n) is 5.20. The van der Waals surface area contributed by atoms with E-state index in [1.807, 2.05) is 14.0 Å². The van der Waals surface area contributed by atoms with Gasteiger partial charge in [0.15, 0.2) is 0 Å². The quantitative estimate of drug-likeness (QED) is 0.889. The van der Waals surface area contributed by atoms with E-state index < -0.39 is 0 Å². The molecule has 0 heterocycles. The molecule has 0 saturated heterocycles. The van der Waals surface area contributed by atoms with Gasteiger partial charge in [0.1, 0.15) is 0 Å². The first kappa shape index (κ1) is 12.7. The van der Waals surface area contributed by atoms with E-state index in [4.69, 9.17) is 4.74 Å². The van der Waals surface area contributed by atoms with Crippen LogP contribution in [-0.2, 0) is 4.74 Å². The van der Waals surface area contributed by atoms with Gasteiger partial charge in [0.25, 0.3) is 0 Å². The highest BCUT2D eigenvalue weighted by Crippen LogP contribution is 2.24. The van der Waals surface area contributed by atoms with E-state index in [-0.39, 0.29) is 6.04 Å². The minimum absolute atomic E-state index is 0.266. The van der Waals surface area contributed by atoms with E-state index in [2.05, 4.69) is 46.4 Å². The van der Waals surface area contributed by atoms with Crippen LogP contribution in [0.1, 0.15) is 24.1 Å². The number of hydrogen-bond donors (Lipinski definition) is 1. The van der Waals surface area contributed by atoms with Crippen molar-refractivity contribution >= 4 is 15.9 Å². The highest BCUT2D eigenvalue weighted by Gasteiger charge is 2.12. The zero-order chi connectivity index (χ0) is 11.3. The van der Waals surface area contributed by atoms with Crippen molar-refractivity contribution in [2.75, 3.05) is 20.3 Å². The molecule has 1 unspecified atom stereocenters. The predicted octanol–water partition coefficient (Wildman–Crippen LogP) is 3.05. The molecule has 0 aromatic heterocycles. The second-order valence-electron chi connectivity index (χ2n) is 3.45. The second-order valence-corrected chi connectivity index (χ2v) is 4.31. The lowest BCUT2D eigenvalue weighted by Gasteiger charge is -2.19. The Morgan fingerprint density at radius 3 is 2.80 bits per heavy atom. The molecular formula is C12H18BrNO. The SMILES string of the molecule is CCOCC(NC)c1cccc(Br)c1C. The number of rotatable bonds is 5. The van der Waals surface area contributed by atoms with E-state index in [1.165, 1.54) is 11.1 Å². The molecule has 0 aliphatic heterocycles. The van der Waals surface area contributed by atoms with E-state index >= 15 is 0 Å². The smallest absolute Gasteiger partial charge is 0.0661 e. The van der Waals surface area contributed by atoms with E-state index in [0.717, 1.165) is 11.1 Å². The van der Waals surface area contributed by atoms with Gasteiger partial charge in [0.2, 0.25) is 0 Å². The Labute approximate surface area is 100 Å². The molecule has 0 bridgehead atoms. The van der Waals surface area contributed by atoms with E-state index in [1.54, 1.807) is 0 Å². The number of ether oxygens (including phenoxy) is 1. The summed E-state index contributed by atoms with van der Waals surface area (Å²) >= 11 is 3.54. The second kappa shape index (κ2) is 6.26. The average Bonchev–Trinajstić information content (AvgIpc) is 2.25. The van der Waals surface area contributed by atoms with Crippen LogP contribution in [-0.4, -0.2) is 20.3 Å². The molecule has 0 fully saturated rings. The summed E-state index contributed by atoms with van der Waals surface area (Å²) in [4.78, 5) is 0. The van der Waals surface area contributed by atoms with Crippen molar-refractivity contribution in [2.24, 2.45) is 0 Å². The van der Waals surface area contributed by atoms with Crippen molar-refractivity contribution in [1.82, 2.24) is 5.32 Å². The molecular weight excluding hydrogens is 254 g/mol. The van der Waals surface area contributed by atoms with Gasteiger partial charge >= 0.3 is 0 Å². The summed E-state index contributed by atoms with van der Waals surface area (Å²) in [5, 5.41) is 3.28. The van der Waals surface area contributed by atoms with Crippen LogP contribution in [0.25, 0.3) is 0 Å². The van der Waals surface area contributed by atoms with Gasteiger partial charge in [-0.3, -0.25) is 0 Å². The standard InChI is InChI=1S/C12H18BrNO/c1-4-15-8-12(14-3)10-6-5-7-11(13)9(10)2/h5-7,12,14H,4,8H2,1-3H3. The van der Waals surface area contributed by atoms with Crippen LogP contribution in [0.2, 0.25) is 0 Å². The van der Waals surface area contributed by atoms with Crippen molar-refractivity contribution in [3.63, 3.8) is 0 Å². The Balaban J connectivity index is 2.86. The Kier molecular flexibility index (Phi) is 5.29. The third kappa shape index (κ3) is 3.30. The molecule has 15 heavy (non-hydrogen) atoms. The minimum atomic E-state index is 0.266. The molecule has 1 rings (SSSR count). The number of halogens is 1. The summed E-state index contributed by atoms with van der Waals surface area (Å²) < 4.78 is 6.61. The Hall–Kier alpha value is -0.380. The van der Waals surface area contributed by atoms with Gasteiger partial charge in [-0.2, -0.15) is 0 Å². The third-order valence-corrected chi connectivity index (χ3v) is 3.38. The lowest BCUT2D eigenvalue weighted by molar-refractivity contribution is 0.125. The summed E-state index contributed by atoms with van der Waals surface area (Å²) in [6, 6.07) is 6.53. The number of benzene rings is 1. The largest absolute Gasteiger partial charge is 0.380 e. The summed E-state index contributed by atoms with van der Waals surface area (Å²) in [6.07, 6.45) is 0.